The lowest BCUT2D eigenvalue weighted by atomic mass is 9.98. The maximum Gasteiger partial charge on any atom is 0.127 e. The maximum absolute atomic E-state index is 6.14. The van der Waals surface area contributed by atoms with Crippen molar-refractivity contribution in [1.82, 2.24) is 0 Å². The van der Waals surface area contributed by atoms with Gasteiger partial charge in [0.25, 0.3) is 0 Å². The van der Waals surface area contributed by atoms with Gasteiger partial charge >= 0.3 is 0 Å². The lowest BCUT2D eigenvalue weighted by Gasteiger charge is -2.21. The van der Waals surface area contributed by atoms with Crippen molar-refractivity contribution in [3.63, 3.8) is 0 Å². The van der Waals surface area contributed by atoms with E-state index in [0.29, 0.717) is 5.25 Å². The summed E-state index contributed by atoms with van der Waals surface area (Å²) in [6, 6.07) is 11.0. The average molecular weight is 417 g/mol. The predicted molar refractivity (Wildman–Crippen MR) is 130 cm³/mol. The Morgan fingerprint density at radius 3 is 2.17 bits per heavy atom. The number of hydrogen-bond donors (Lipinski definition) is 0. The van der Waals surface area contributed by atoms with Crippen LogP contribution in [0.4, 0.5) is 0 Å². The monoisotopic (exact) mass is 416 g/mol. The highest BCUT2D eigenvalue weighted by molar-refractivity contribution is 7.99. The van der Waals surface area contributed by atoms with E-state index in [9.17, 15) is 0 Å². The molecule has 0 saturated carbocycles. The molecule has 0 aliphatic rings. The van der Waals surface area contributed by atoms with E-state index in [2.05, 4.69) is 69.8 Å². The van der Waals surface area contributed by atoms with E-state index in [0.717, 1.165) is 50.4 Å². The van der Waals surface area contributed by atoms with E-state index < -0.39 is 0 Å². The Morgan fingerprint density at radius 1 is 0.759 bits per heavy atom. The molecule has 2 aromatic rings. The first-order valence-corrected chi connectivity index (χ1v) is 12.7. The number of hydrogen-bond acceptors (Lipinski definition) is 3. The first-order valence-electron chi connectivity index (χ1n) is 11.7. The van der Waals surface area contributed by atoms with Crippen molar-refractivity contribution < 1.29 is 9.47 Å². The molecular formula is C26H40O2S. The maximum atomic E-state index is 6.14. The second kappa shape index (κ2) is 13.8. The van der Waals surface area contributed by atoms with Crippen LogP contribution in [0, 0.1) is 0 Å². The summed E-state index contributed by atoms with van der Waals surface area (Å²) in [5, 5.41) is 3.05. The highest BCUT2D eigenvalue weighted by atomic mass is 32.2. The summed E-state index contributed by atoms with van der Waals surface area (Å²) in [6.45, 7) is 10.5. The van der Waals surface area contributed by atoms with Gasteiger partial charge in [0.15, 0.2) is 0 Å². The number of rotatable bonds is 15. The van der Waals surface area contributed by atoms with Gasteiger partial charge in [0.05, 0.1) is 13.2 Å². The quantitative estimate of drug-likeness (QED) is 0.271. The van der Waals surface area contributed by atoms with Crippen LogP contribution in [0.1, 0.15) is 89.9 Å². The van der Waals surface area contributed by atoms with E-state index in [1.165, 1.54) is 47.8 Å². The molecule has 3 heteroatoms. The minimum absolute atomic E-state index is 0.532. The summed E-state index contributed by atoms with van der Waals surface area (Å²) >= 11 is 2.11. The van der Waals surface area contributed by atoms with Crippen LogP contribution >= 0.6 is 11.8 Å². The molecule has 1 atom stereocenters. The van der Waals surface area contributed by atoms with Gasteiger partial charge in [-0.2, -0.15) is 11.8 Å². The first-order chi connectivity index (χ1) is 14.2. The van der Waals surface area contributed by atoms with Crippen LogP contribution in [0.5, 0.6) is 11.5 Å². The van der Waals surface area contributed by atoms with Gasteiger partial charge in [-0.05, 0) is 66.7 Å². The second-order valence-electron chi connectivity index (χ2n) is 7.77. The minimum atomic E-state index is 0.532. The molecule has 0 fully saturated rings. The SMILES string of the molecule is CCCCOc1ccc2c(OCCCC)ccc(C(CCC)SCCCC)c2c1. The number of fused-ring (bicyclic) bond motifs is 1. The Kier molecular flexibility index (Phi) is 11.4. The van der Waals surface area contributed by atoms with Gasteiger partial charge in [-0.25, -0.2) is 0 Å². The highest BCUT2D eigenvalue weighted by Crippen LogP contribution is 2.41. The van der Waals surface area contributed by atoms with Crippen molar-refractivity contribution >= 4 is 22.5 Å². The topological polar surface area (TPSA) is 18.5 Å². The lowest BCUT2D eigenvalue weighted by molar-refractivity contribution is 0.309. The van der Waals surface area contributed by atoms with Crippen LogP contribution < -0.4 is 9.47 Å². The van der Waals surface area contributed by atoms with Crippen LogP contribution in [-0.4, -0.2) is 19.0 Å². The van der Waals surface area contributed by atoms with Gasteiger partial charge in [-0.3, -0.25) is 0 Å². The van der Waals surface area contributed by atoms with Gasteiger partial charge < -0.3 is 9.47 Å². The first kappa shape index (κ1) is 23.9. The third-order valence-electron chi connectivity index (χ3n) is 5.22. The molecule has 1 unspecified atom stereocenters. The van der Waals surface area contributed by atoms with Crippen molar-refractivity contribution in [2.24, 2.45) is 0 Å². The number of thioether (sulfide) groups is 1. The minimum Gasteiger partial charge on any atom is -0.494 e. The van der Waals surface area contributed by atoms with Crippen molar-refractivity contribution in [3.8, 4) is 11.5 Å². The number of unbranched alkanes of at least 4 members (excludes halogenated alkanes) is 3. The molecule has 0 heterocycles. The zero-order valence-corrected chi connectivity index (χ0v) is 19.8. The predicted octanol–water partition coefficient (Wildman–Crippen LogP) is 8.57. The molecule has 2 nitrogen and oxygen atoms in total. The van der Waals surface area contributed by atoms with Gasteiger partial charge in [-0.1, -0.05) is 59.4 Å². The largest absolute Gasteiger partial charge is 0.494 e. The molecule has 0 spiro atoms. The van der Waals surface area contributed by atoms with Crippen LogP contribution in [0.3, 0.4) is 0 Å². The molecule has 2 rings (SSSR count). The Balaban J connectivity index is 2.39. The van der Waals surface area contributed by atoms with Gasteiger partial charge in [0.2, 0.25) is 0 Å². The Morgan fingerprint density at radius 2 is 1.48 bits per heavy atom. The third kappa shape index (κ3) is 7.44. The summed E-state index contributed by atoms with van der Waals surface area (Å²) in [5.41, 5.74) is 1.44. The highest BCUT2D eigenvalue weighted by Gasteiger charge is 2.17. The summed E-state index contributed by atoms with van der Waals surface area (Å²) in [4.78, 5) is 0. The molecule has 0 saturated heterocycles. The molecule has 29 heavy (non-hydrogen) atoms. The summed E-state index contributed by atoms with van der Waals surface area (Å²) in [6.07, 6.45) is 9.44. The number of benzene rings is 2. The fourth-order valence-electron chi connectivity index (χ4n) is 3.44. The smallest absolute Gasteiger partial charge is 0.127 e. The fraction of sp³-hybridized carbons (Fsp3) is 0.615. The van der Waals surface area contributed by atoms with Gasteiger partial charge in [0.1, 0.15) is 11.5 Å². The van der Waals surface area contributed by atoms with Crippen molar-refractivity contribution in [2.75, 3.05) is 19.0 Å². The third-order valence-corrected chi connectivity index (χ3v) is 6.63. The normalized spacial score (nSPS) is 12.3. The van der Waals surface area contributed by atoms with Gasteiger partial charge in [-0.15, -0.1) is 0 Å². The van der Waals surface area contributed by atoms with E-state index in [-0.39, 0.29) is 0 Å². The molecule has 0 radical (unpaired) electrons. The molecule has 0 aliphatic heterocycles. The standard InChI is InChI=1S/C26H40O2S/c1-5-9-17-27-21-13-14-22-24(20-21)23(15-16-25(22)28-18-10-6-2)26(12-8-4)29-19-11-7-3/h13-16,20,26H,5-12,17-19H2,1-4H3. The molecule has 0 N–H and O–H groups in total. The Hall–Kier alpha value is -1.35. The van der Waals surface area contributed by atoms with Crippen molar-refractivity contribution in [2.45, 2.75) is 84.3 Å². The lowest BCUT2D eigenvalue weighted by Crippen LogP contribution is -2.02. The van der Waals surface area contributed by atoms with E-state index in [1.807, 2.05) is 0 Å². The summed E-state index contributed by atoms with van der Waals surface area (Å²) < 4.78 is 12.2. The molecule has 2 aromatic carbocycles. The second-order valence-corrected chi connectivity index (χ2v) is 9.08. The van der Waals surface area contributed by atoms with E-state index in [4.69, 9.17) is 9.47 Å². The summed E-state index contributed by atoms with van der Waals surface area (Å²) in [5.74, 6) is 3.21. The van der Waals surface area contributed by atoms with Crippen LogP contribution in [0.2, 0.25) is 0 Å². The number of ether oxygens (including phenoxy) is 2. The molecule has 0 amide bonds. The van der Waals surface area contributed by atoms with Crippen molar-refractivity contribution in [1.29, 1.82) is 0 Å². The molecule has 0 aliphatic carbocycles. The molecular weight excluding hydrogens is 376 g/mol. The van der Waals surface area contributed by atoms with Crippen LogP contribution in [-0.2, 0) is 0 Å². The summed E-state index contributed by atoms with van der Waals surface area (Å²) in [7, 11) is 0. The Bertz CT molecular complexity index is 713. The van der Waals surface area contributed by atoms with Gasteiger partial charge in [0, 0.05) is 10.6 Å². The van der Waals surface area contributed by atoms with Crippen LogP contribution in [0.25, 0.3) is 10.8 Å². The van der Waals surface area contributed by atoms with E-state index >= 15 is 0 Å². The molecule has 162 valence electrons. The molecule has 0 bridgehead atoms. The van der Waals surface area contributed by atoms with Crippen LogP contribution in [0.15, 0.2) is 30.3 Å². The fourth-order valence-corrected chi connectivity index (χ4v) is 4.97. The van der Waals surface area contributed by atoms with E-state index in [1.54, 1.807) is 0 Å². The average Bonchev–Trinajstić information content (AvgIpc) is 2.74. The Labute approximate surface area is 182 Å². The van der Waals surface area contributed by atoms with Crippen molar-refractivity contribution in [3.05, 3.63) is 35.9 Å². The molecule has 0 aromatic heterocycles. The zero-order valence-electron chi connectivity index (χ0n) is 19.0. The zero-order chi connectivity index (χ0) is 20.9.